The van der Waals surface area contributed by atoms with Gasteiger partial charge in [0.15, 0.2) is 0 Å². The number of carbonyl (C=O) groups excluding carboxylic acids is 1. The van der Waals surface area contributed by atoms with Crippen molar-refractivity contribution in [2.24, 2.45) is 0 Å². The molecule has 0 aromatic carbocycles. The Labute approximate surface area is 108 Å². The Morgan fingerprint density at radius 3 is 2.44 bits per heavy atom. The molecule has 0 aliphatic carbocycles. The smallest absolute Gasteiger partial charge is 0.410 e. The maximum atomic E-state index is 11.8. The van der Waals surface area contributed by atoms with E-state index in [-0.39, 0.29) is 6.09 Å². The summed E-state index contributed by atoms with van der Waals surface area (Å²) in [5, 5.41) is 18.7. The minimum absolute atomic E-state index is 0.329. The first-order valence-corrected chi connectivity index (χ1v) is 6.33. The highest BCUT2D eigenvalue weighted by molar-refractivity contribution is 5.68. The third-order valence-corrected chi connectivity index (χ3v) is 3.05. The molecule has 1 fully saturated rings. The molecular formula is C13H22N2O3. The van der Waals surface area contributed by atoms with Gasteiger partial charge in [0.25, 0.3) is 0 Å². The van der Waals surface area contributed by atoms with E-state index in [1.807, 2.05) is 26.8 Å². The number of rotatable bonds is 2. The fraction of sp³-hybridized carbons (Fsp3) is 0.846. The van der Waals surface area contributed by atoms with Crippen molar-refractivity contribution in [1.82, 2.24) is 4.90 Å². The van der Waals surface area contributed by atoms with Crippen LogP contribution < -0.4 is 0 Å². The number of nitrogens with zero attached hydrogens (tertiary/aromatic N) is 2. The first-order valence-electron chi connectivity index (χ1n) is 6.33. The molecule has 0 aromatic rings. The molecule has 102 valence electrons. The lowest BCUT2D eigenvalue weighted by molar-refractivity contribution is -0.0357. The van der Waals surface area contributed by atoms with Crippen LogP contribution in [0.2, 0.25) is 0 Å². The predicted octanol–water partition coefficient (Wildman–Crippen LogP) is 2.05. The van der Waals surface area contributed by atoms with Crippen LogP contribution in [0.4, 0.5) is 4.79 Å². The molecule has 0 aromatic heterocycles. The molecule has 1 amide bonds. The third kappa shape index (κ3) is 4.53. The van der Waals surface area contributed by atoms with Gasteiger partial charge in [0.05, 0.1) is 11.7 Å². The molecule has 18 heavy (non-hydrogen) atoms. The maximum Gasteiger partial charge on any atom is 0.410 e. The Hall–Kier alpha value is -1.28. The van der Waals surface area contributed by atoms with Crippen LogP contribution in [0.5, 0.6) is 0 Å². The van der Waals surface area contributed by atoms with Gasteiger partial charge in [-0.15, -0.1) is 0 Å². The van der Waals surface area contributed by atoms with E-state index in [0.717, 1.165) is 0 Å². The molecule has 0 saturated carbocycles. The molecule has 1 aliphatic rings. The number of piperidine rings is 1. The molecule has 1 N–H and O–H groups in total. The van der Waals surface area contributed by atoms with E-state index >= 15 is 0 Å². The molecule has 5 nitrogen and oxygen atoms in total. The van der Waals surface area contributed by atoms with Crippen LogP contribution in [0.15, 0.2) is 0 Å². The van der Waals surface area contributed by atoms with E-state index in [0.29, 0.717) is 38.8 Å². The molecular weight excluding hydrogens is 232 g/mol. The third-order valence-electron chi connectivity index (χ3n) is 3.05. The van der Waals surface area contributed by atoms with Crippen molar-refractivity contribution in [1.29, 1.82) is 5.26 Å². The van der Waals surface area contributed by atoms with Gasteiger partial charge in [-0.05, 0) is 40.0 Å². The van der Waals surface area contributed by atoms with Gasteiger partial charge in [-0.2, -0.15) is 5.26 Å². The SMILES string of the molecule is CC(C)(C)OC(=O)N1CCC(O)(CCC#N)CC1. The fourth-order valence-electron chi connectivity index (χ4n) is 1.97. The summed E-state index contributed by atoms with van der Waals surface area (Å²) in [6.45, 7) is 6.46. The molecule has 1 saturated heterocycles. The summed E-state index contributed by atoms with van der Waals surface area (Å²) in [5.41, 5.74) is -1.29. The summed E-state index contributed by atoms with van der Waals surface area (Å²) in [5.74, 6) is 0. The lowest BCUT2D eigenvalue weighted by Gasteiger charge is -2.38. The highest BCUT2D eigenvalue weighted by Gasteiger charge is 2.34. The first kappa shape index (κ1) is 14.8. The average Bonchev–Trinajstić information content (AvgIpc) is 2.25. The largest absolute Gasteiger partial charge is 0.444 e. The summed E-state index contributed by atoms with van der Waals surface area (Å²) in [7, 11) is 0. The molecule has 0 atom stereocenters. The van der Waals surface area contributed by atoms with Gasteiger partial charge in [-0.25, -0.2) is 4.79 Å². The minimum atomic E-state index is -0.797. The zero-order valence-corrected chi connectivity index (χ0v) is 11.4. The van der Waals surface area contributed by atoms with E-state index in [1.54, 1.807) is 4.90 Å². The van der Waals surface area contributed by atoms with Crippen molar-refractivity contribution in [2.75, 3.05) is 13.1 Å². The zero-order valence-electron chi connectivity index (χ0n) is 11.4. The highest BCUT2D eigenvalue weighted by atomic mass is 16.6. The second-order valence-corrected chi connectivity index (χ2v) is 5.85. The predicted molar refractivity (Wildman–Crippen MR) is 66.8 cm³/mol. The van der Waals surface area contributed by atoms with Gasteiger partial charge < -0.3 is 14.7 Å². The van der Waals surface area contributed by atoms with Crippen molar-refractivity contribution in [3.8, 4) is 6.07 Å². The van der Waals surface area contributed by atoms with Crippen LogP contribution in [0, 0.1) is 11.3 Å². The summed E-state index contributed by atoms with van der Waals surface area (Å²) < 4.78 is 5.28. The normalized spacial score (nSPS) is 19.2. The Bertz CT molecular complexity index is 333. The van der Waals surface area contributed by atoms with E-state index in [9.17, 15) is 9.90 Å². The summed E-state index contributed by atoms with van der Waals surface area (Å²) in [4.78, 5) is 13.4. The van der Waals surface area contributed by atoms with Gasteiger partial charge in [-0.1, -0.05) is 0 Å². The Balaban J connectivity index is 2.44. The number of likely N-dealkylation sites (tertiary alicyclic amines) is 1. The van der Waals surface area contributed by atoms with E-state index in [1.165, 1.54) is 0 Å². The van der Waals surface area contributed by atoms with Gasteiger partial charge in [0.2, 0.25) is 0 Å². The number of amides is 1. The number of nitriles is 1. The summed E-state index contributed by atoms with van der Waals surface area (Å²) in [6, 6.07) is 2.04. The maximum absolute atomic E-state index is 11.8. The Morgan fingerprint density at radius 1 is 1.44 bits per heavy atom. The lowest BCUT2D eigenvalue weighted by Crippen LogP contribution is -2.48. The molecule has 1 heterocycles. The standard InChI is InChI=1S/C13H22N2O3/c1-12(2,3)18-11(16)15-9-6-13(17,7-10-15)5-4-8-14/h17H,4-7,9-10H2,1-3H3. The number of ether oxygens (including phenoxy) is 1. The molecule has 5 heteroatoms. The monoisotopic (exact) mass is 254 g/mol. The Morgan fingerprint density at radius 2 is 2.00 bits per heavy atom. The average molecular weight is 254 g/mol. The second-order valence-electron chi connectivity index (χ2n) is 5.85. The van der Waals surface area contributed by atoms with Crippen LogP contribution in [0.25, 0.3) is 0 Å². The topological polar surface area (TPSA) is 73.6 Å². The molecule has 0 spiro atoms. The van der Waals surface area contributed by atoms with Gasteiger partial charge in [-0.3, -0.25) is 0 Å². The molecule has 1 rings (SSSR count). The van der Waals surface area contributed by atoms with Gasteiger partial charge in [0, 0.05) is 19.5 Å². The minimum Gasteiger partial charge on any atom is -0.444 e. The van der Waals surface area contributed by atoms with Crippen LogP contribution in [0.1, 0.15) is 46.5 Å². The van der Waals surface area contributed by atoms with E-state index < -0.39 is 11.2 Å². The molecule has 1 aliphatic heterocycles. The first-order chi connectivity index (χ1) is 8.26. The van der Waals surface area contributed by atoms with Gasteiger partial charge >= 0.3 is 6.09 Å². The zero-order chi connectivity index (χ0) is 13.8. The second kappa shape index (κ2) is 5.57. The summed E-state index contributed by atoms with van der Waals surface area (Å²) >= 11 is 0. The van der Waals surface area contributed by atoms with Crippen LogP contribution in [0.3, 0.4) is 0 Å². The molecule has 0 unspecified atom stereocenters. The number of carbonyl (C=O) groups is 1. The van der Waals surface area contributed by atoms with E-state index in [2.05, 4.69) is 0 Å². The van der Waals surface area contributed by atoms with Crippen molar-refractivity contribution in [3.63, 3.8) is 0 Å². The van der Waals surface area contributed by atoms with Crippen LogP contribution >= 0.6 is 0 Å². The number of aliphatic hydroxyl groups is 1. The summed E-state index contributed by atoms with van der Waals surface area (Å²) in [6.07, 6.45) is 1.51. The van der Waals surface area contributed by atoms with Gasteiger partial charge in [0.1, 0.15) is 5.60 Å². The number of hydrogen-bond acceptors (Lipinski definition) is 4. The number of hydrogen-bond donors (Lipinski definition) is 1. The highest BCUT2D eigenvalue weighted by Crippen LogP contribution is 2.27. The molecule has 0 radical (unpaired) electrons. The van der Waals surface area contributed by atoms with Crippen molar-refractivity contribution in [2.45, 2.75) is 57.7 Å². The van der Waals surface area contributed by atoms with Crippen molar-refractivity contribution in [3.05, 3.63) is 0 Å². The van der Waals surface area contributed by atoms with E-state index in [4.69, 9.17) is 10.00 Å². The van der Waals surface area contributed by atoms with Crippen molar-refractivity contribution >= 4 is 6.09 Å². The quantitative estimate of drug-likeness (QED) is 0.818. The van der Waals surface area contributed by atoms with Crippen molar-refractivity contribution < 1.29 is 14.6 Å². The lowest BCUT2D eigenvalue weighted by atomic mass is 9.87. The van der Waals surface area contributed by atoms with Crippen LogP contribution in [-0.4, -0.2) is 40.4 Å². The fourth-order valence-corrected chi connectivity index (χ4v) is 1.97. The molecule has 0 bridgehead atoms. The van der Waals surface area contributed by atoms with Crippen LogP contribution in [-0.2, 0) is 4.74 Å². The Kier molecular flexibility index (Phi) is 4.58.